The smallest absolute Gasteiger partial charge is 0.290 e. The lowest BCUT2D eigenvalue weighted by Crippen LogP contribution is -2.34. The van der Waals surface area contributed by atoms with Crippen LogP contribution < -0.4 is 4.74 Å². The van der Waals surface area contributed by atoms with Crippen molar-refractivity contribution in [2.45, 2.75) is 33.7 Å². The van der Waals surface area contributed by atoms with Crippen LogP contribution in [-0.2, 0) is 4.79 Å². The van der Waals surface area contributed by atoms with E-state index in [1.807, 2.05) is 6.07 Å². The van der Waals surface area contributed by atoms with Crippen LogP contribution in [0.1, 0.15) is 50.0 Å². The van der Waals surface area contributed by atoms with Gasteiger partial charge in [-0.1, -0.05) is 39.5 Å². The molecule has 0 aliphatic carbocycles. The number of aliphatic hydroxyl groups excluding tert-OH is 1. The number of carbonyl (C=O) groups is 2. The Morgan fingerprint density at radius 3 is 2.63 bits per heavy atom. The van der Waals surface area contributed by atoms with E-state index in [0.717, 1.165) is 19.6 Å². The SMILES string of the molecule is C.CCN(CC)CCCN1C(=O)C(O)=C(C(=O)c2cc3cccc(OC)c3o2)C1c1ccccn1. The van der Waals surface area contributed by atoms with Gasteiger partial charge in [-0.25, -0.2) is 0 Å². The summed E-state index contributed by atoms with van der Waals surface area (Å²) in [6, 6.07) is 11.5. The van der Waals surface area contributed by atoms with Crippen LogP contribution >= 0.6 is 0 Å². The fourth-order valence-electron chi connectivity index (χ4n) is 4.41. The van der Waals surface area contributed by atoms with Gasteiger partial charge in [0.15, 0.2) is 22.9 Å². The third-order valence-corrected chi connectivity index (χ3v) is 6.24. The summed E-state index contributed by atoms with van der Waals surface area (Å²) in [6.45, 7) is 7.19. The minimum atomic E-state index is -0.798. The molecule has 3 heterocycles. The Hall–Kier alpha value is -3.65. The van der Waals surface area contributed by atoms with Gasteiger partial charge in [-0.3, -0.25) is 14.6 Å². The first-order valence-corrected chi connectivity index (χ1v) is 11.5. The Balaban J connectivity index is 0.00000342. The lowest BCUT2D eigenvalue weighted by Gasteiger charge is -2.27. The molecule has 1 amide bonds. The largest absolute Gasteiger partial charge is 0.503 e. The molecule has 35 heavy (non-hydrogen) atoms. The predicted molar refractivity (Wildman–Crippen MR) is 135 cm³/mol. The average molecular weight is 480 g/mol. The lowest BCUT2D eigenvalue weighted by atomic mass is 9.98. The number of benzene rings is 1. The van der Waals surface area contributed by atoms with Crippen LogP contribution in [0.2, 0.25) is 0 Å². The highest BCUT2D eigenvalue weighted by Gasteiger charge is 2.45. The number of carbonyl (C=O) groups excluding carboxylic acids is 2. The maximum Gasteiger partial charge on any atom is 0.290 e. The molecule has 0 radical (unpaired) electrons. The molecule has 1 atom stereocenters. The first-order valence-electron chi connectivity index (χ1n) is 11.5. The van der Waals surface area contributed by atoms with E-state index in [0.29, 0.717) is 35.4 Å². The van der Waals surface area contributed by atoms with Gasteiger partial charge in [-0.05, 0) is 50.3 Å². The van der Waals surface area contributed by atoms with Crippen molar-refractivity contribution in [1.29, 1.82) is 0 Å². The number of pyridine rings is 1. The van der Waals surface area contributed by atoms with Crippen molar-refractivity contribution in [3.8, 4) is 5.75 Å². The summed E-state index contributed by atoms with van der Waals surface area (Å²) in [5.74, 6) is -1.16. The highest BCUT2D eigenvalue weighted by Crippen LogP contribution is 2.39. The topological polar surface area (TPSA) is 96.1 Å². The maximum absolute atomic E-state index is 13.6. The quantitative estimate of drug-likeness (QED) is 0.418. The number of nitrogens with zero attached hydrogens (tertiary/aromatic N) is 3. The number of amides is 1. The van der Waals surface area contributed by atoms with Gasteiger partial charge in [0, 0.05) is 18.1 Å². The van der Waals surface area contributed by atoms with Crippen molar-refractivity contribution >= 4 is 22.7 Å². The van der Waals surface area contributed by atoms with Gasteiger partial charge in [0.1, 0.15) is 6.04 Å². The average Bonchev–Trinajstić information content (AvgIpc) is 3.41. The molecule has 1 aliphatic heterocycles. The lowest BCUT2D eigenvalue weighted by molar-refractivity contribution is -0.129. The van der Waals surface area contributed by atoms with E-state index in [2.05, 4.69) is 23.7 Å². The van der Waals surface area contributed by atoms with Gasteiger partial charge in [-0.2, -0.15) is 0 Å². The van der Waals surface area contributed by atoms with Crippen molar-refractivity contribution in [3.63, 3.8) is 0 Å². The molecule has 0 saturated carbocycles. The fourth-order valence-corrected chi connectivity index (χ4v) is 4.41. The molecule has 0 fully saturated rings. The summed E-state index contributed by atoms with van der Waals surface area (Å²) < 4.78 is 11.2. The van der Waals surface area contributed by atoms with Crippen molar-refractivity contribution in [1.82, 2.24) is 14.8 Å². The summed E-state index contributed by atoms with van der Waals surface area (Å²) in [4.78, 5) is 34.9. The number of hydrogen-bond donors (Lipinski definition) is 1. The number of methoxy groups -OCH3 is 1. The molecule has 8 heteroatoms. The van der Waals surface area contributed by atoms with E-state index in [4.69, 9.17) is 9.15 Å². The van der Waals surface area contributed by atoms with Crippen LogP contribution in [0.15, 0.2) is 64.4 Å². The van der Waals surface area contributed by atoms with E-state index < -0.39 is 23.5 Å². The number of rotatable bonds is 10. The van der Waals surface area contributed by atoms with E-state index >= 15 is 0 Å². The van der Waals surface area contributed by atoms with Crippen molar-refractivity contribution < 1.29 is 23.8 Å². The number of hydrogen-bond acceptors (Lipinski definition) is 7. The predicted octanol–water partition coefficient (Wildman–Crippen LogP) is 4.78. The molecular weight excluding hydrogens is 446 g/mol. The monoisotopic (exact) mass is 479 g/mol. The minimum absolute atomic E-state index is 0. The summed E-state index contributed by atoms with van der Waals surface area (Å²) in [7, 11) is 1.52. The Bertz CT molecular complexity index is 1210. The first-order chi connectivity index (χ1) is 16.5. The number of furan rings is 1. The Morgan fingerprint density at radius 2 is 1.97 bits per heavy atom. The highest BCUT2D eigenvalue weighted by atomic mass is 16.5. The molecule has 1 aromatic carbocycles. The second-order valence-corrected chi connectivity index (χ2v) is 8.12. The molecule has 0 spiro atoms. The zero-order valence-corrected chi connectivity index (χ0v) is 19.7. The first kappa shape index (κ1) is 26.0. The van der Waals surface area contributed by atoms with Gasteiger partial charge >= 0.3 is 0 Å². The number of Topliss-reactive ketones (excluding diaryl/α,β-unsaturated/α-hetero) is 1. The second kappa shape index (κ2) is 11.2. The van der Waals surface area contributed by atoms with Crippen LogP contribution in [0.5, 0.6) is 5.75 Å². The van der Waals surface area contributed by atoms with E-state index in [1.165, 1.54) is 12.0 Å². The van der Waals surface area contributed by atoms with Gasteiger partial charge in [0.2, 0.25) is 5.78 Å². The zero-order valence-electron chi connectivity index (χ0n) is 19.7. The number of para-hydroxylation sites is 1. The third-order valence-electron chi connectivity index (χ3n) is 6.24. The van der Waals surface area contributed by atoms with Crippen LogP contribution in [-0.4, -0.2) is 64.9 Å². The molecule has 1 unspecified atom stereocenters. The van der Waals surface area contributed by atoms with Gasteiger partial charge in [-0.15, -0.1) is 0 Å². The summed E-state index contributed by atoms with van der Waals surface area (Å²) in [6.07, 6.45) is 2.31. The molecule has 1 aliphatic rings. The molecular formula is C27H33N3O5. The Kier molecular flexibility index (Phi) is 8.30. The zero-order chi connectivity index (χ0) is 24.2. The number of aliphatic hydroxyl groups is 1. The summed E-state index contributed by atoms with van der Waals surface area (Å²) >= 11 is 0. The molecule has 4 rings (SSSR count). The second-order valence-electron chi connectivity index (χ2n) is 8.12. The molecule has 186 valence electrons. The maximum atomic E-state index is 13.6. The standard InChI is InChI=1S/C26H29N3O5.CH4/c1-4-28(5-2)14-9-15-29-22(18-11-6-7-13-27-18)21(24(31)26(29)32)23(30)20-16-17-10-8-12-19(33-3)25(17)34-20;/h6-8,10-13,16,22,31H,4-5,9,14-15H2,1-3H3;1H4. The molecule has 3 aromatic rings. The fraction of sp³-hybridized carbons (Fsp3) is 0.370. The van der Waals surface area contributed by atoms with Crippen molar-refractivity contribution in [3.05, 3.63) is 71.4 Å². The van der Waals surface area contributed by atoms with Gasteiger partial charge in [0.05, 0.1) is 18.4 Å². The minimum Gasteiger partial charge on any atom is -0.503 e. The van der Waals surface area contributed by atoms with Crippen molar-refractivity contribution in [2.24, 2.45) is 0 Å². The number of aromatic nitrogens is 1. The summed E-state index contributed by atoms with van der Waals surface area (Å²) in [5.41, 5.74) is 0.924. The Labute approximate surface area is 205 Å². The van der Waals surface area contributed by atoms with E-state index in [9.17, 15) is 14.7 Å². The van der Waals surface area contributed by atoms with Gasteiger partial charge < -0.3 is 24.1 Å². The number of ether oxygens (including phenoxy) is 1. The normalized spacial score (nSPS) is 15.7. The number of ketones is 1. The molecule has 2 aromatic heterocycles. The molecule has 8 nitrogen and oxygen atoms in total. The highest BCUT2D eigenvalue weighted by molar-refractivity contribution is 6.16. The molecule has 0 bridgehead atoms. The van der Waals surface area contributed by atoms with Crippen molar-refractivity contribution in [2.75, 3.05) is 33.3 Å². The van der Waals surface area contributed by atoms with Crippen LogP contribution in [0.4, 0.5) is 0 Å². The van der Waals surface area contributed by atoms with E-state index in [1.54, 1.807) is 42.6 Å². The number of fused-ring (bicyclic) bond motifs is 1. The molecule has 0 saturated heterocycles. The Morgan fingerprint density at radius 1 is 1.20 bits per heavy atom. The van der Waals surface area contributed by atoms with Crippen LogP contribution in [0.3, 0.4) is 0 Å². The van der Waals surface area contributed by atoms with Gasteiger partial charge in [0.25, 0.3) is 5.91 Å². The molecule has 1 N–H and O–H groups in total. The van der Waals surface area contributed by atoms with Crippen LogP contribution in [0, 0.1) is 0 Å². The third kappa shape index (κ3) is 4.93. The van der Waals surface area contributed by atoms with E-state index in [-0.39, 0.29) is 18.8 Å². The summed E-state index contributed by atoms with van der Waals surface area (Å²) in [5, 5.41) is 11.5. The van der Waals surface area contributed by atoms with Crippen LogP contribution in [0.25, 0.3) is 11.0 Å².